The number of fused-ring (bicyclic) bond motifs is 1. The highest BCUT2D eigenvalue weighted by Crippen LogP contribution is 2.40. The van der Waals surface area contributed by atoms with E-state index in [0.717, 1.165) is 11.3 Å². The molecule has 0 saturated carbocycles. The first-order valence-electron chi connectivity index (χ1n) is 6.81. The average molecular weight is 410 g/mol. The predicted octanol–water partition coefficient (Wildman–Crippen LogP) is 3.82. The Morgan fingerprint density at radius 3 is 2.27 bits per heavy atom. The van der Waals surface area contributed by atoms with E-state index in [-0.39, 0.29) is 15.8 Å². The number of ketones is 1. The Balaban J connectivity index is 1.97. The van der Waals surface area contributed by atoms with E-state index in [1.165, 1.54) is 0 Å². The first-order valence-corrected chi connectivity index (χ1v) is 8.05. The quantitative estimate of drug-likeness (QED) is 0.570. The van der Waals surface area contributed by atoms with Gasteiger partial charge in [-0.3, -0.25) is 4.79 Å². The van der Waals surface area contributed by atoms with Crippen molar-refractivity contribution in [3.8, 4) is 17.2 Å². The van der Waals surface area contributed by atoms with Crippen LogP contribution < -0.4 is 14.2 Å². The number of halogens is 1. The van der Waals surface area contributed by atoms with Gasteiger partial charge in [-0.1, -0.05) is 34.7 Å². The molecular formula is C17H15IO4. The number of carbonyl (C=O) groups excluding carboxylic acids is 1. The molecule has 0 spiro atoms. The van der Waals surface area contributed by atoms with Crippen molar-refractivity contribution in [1.82, 2.24) is 0 Å². The molecule has 5 heteroatoms. The van der Waals surface area contributed by atoms with Gasteiger partial charge in [0.25, 0.3) is 0 Å². The minimum atomic E-state index is -0.321. The van der Waals surface area contributed by atoms with Crippen molar-refractivity contribution in [2.45, 2.75) is 10.0 Å². The Morgan fingerprint density at radius 1 is 1.00 bits per heavy atom. The van der Waals surface area contributed by atoms with Crippen LogP contribution in [0.1, 0.15) is 22.0 Å². The lowest BCUT2D eigenvalue weighted by Gasteiger charge is -2.30. The first kappa shape index (κ1) is 15.1. The first-order chi connectivity index (χ1) is 10.6. The van der Waals surface area contributed by atoms with Crippen molar-refractivity contribution >= 4 is 28.4 Å². The lowest BCUT2D eigenvalue weighted by molar-refractivity contribution is 0.0879. The summed E-state index contributed by atoms with van der Waals surface area (Å²) in [5.41, 5.74) is 1.55. The maximum atomic E-state index is 12.6. The highest BCUT2D eigenvalue weighted by Gasteiger charge is 2.36. The number of benzene rings is 2. The van der Waals surface area contributed by atoms with Crippen LogP contribution in [0.4, 0.5) is 0 Å². The summed E-state index contributed by atoms with van der Waals surface area (Å²) in [6.07, 6.45) is -0.321. The van der Waals surface area contributed by atoms with E-state index in [0.29, 0.717) is 17.1 Å². The summed E-state index contributed by atoms with van der Waals surface area (Å²) in [5.74, 6) is 2.09. The second kappa shape index (κ2) is 6.16. The van der Waals surface area contributed by atoms with E-state index in [1.807, 2.05) is 24.3 Å². The maximum absolute atomic E-state index is 12.6. The van der Waals surface area contributed by atoms with Crippen LogP contribution in [0.25, 0.3) is 0 Å². The summed E-state index contributed by atoms with van der Waals surface area (Å²) in [5, 5.41) is 0. The highest BCUT2D eigenvalue weighted by atomic mass is 127. The number of ether oxygens (including phenoxy) is 3. The zero-order valence-corrected chi connectivity index (χ0v) is 14.4. The third kappa shape index (κ3) is 2.65. The molecule has 22 heavy (non-hydrogen) atoms. The fourth-order valence-corrected chi connectivity index (χ4v) is 3.34. The number of carbonyl (C=O) groups is 1. The summed E-state index contributed by atoms with van der Waals surface area (Å²) < 4.78 is 16.2. The monoisotopic (exact) mass is 410 g/mol. The van der Waals surface area contributed by atoms with Gasteiger partial charge in [-0.25, -0.2) is 0 Å². The minimum absolute atomic E-state index is 0.0744. The summed E-state index contributed by atoms with van der Waals surface area (Å²) in [7, 11) is 3.22. The van der Waals surface area contributed by atoms with E-state index in [1.54, 1.807) is 32.4 Å². The van der Waals surface area contributed by atoms with E-state index in [4.69, 9.17) is 14.2 Å². The van der Waals surface area contributed by atoms with Gasteiger partial charge in [0, 0.05) is 6.07 Å². The molecule has 1 aliphatic heterocycles. The van der Waals surface area contributed by atoms with Crippen LogP contribution >= 0.6 is 22.6 Å². The molecule has 114 valence electrons. The number of rotatable bonds is 3. The van der Waals surface area contributed by atoms with Crippen LogP contribution in [0.3, 0.4) is 0 Å². The zero-order valence-electron chi connectivity index (χ0n) is 12.2. The highest BCUT2D eigenvalue weighted by molar-refractivity contribution is 14.1. The summed E-state index contributed by atoms with van der Waals surface area (Å²) in [6.45, 7) is 0. The van der Waals surface area contributed by atoms with E-state index in [2.05, 4.69) is 22.6 Å². The van der Waals surface area contributed by atoms with Crippen molar-refractivity contribution in [3.05, 3.63) is 53.6 Å². The zero-order chi connectivity index (χ0) is 15.7. The van der Waals surface area contributed by atoms with Gasteiger partial charge in [0.15, 0.2) is 5.78 Å². The largest absolute Gasteiger partial charge is 0.497 e. The molecule has 0 aliphatic carbocycles. The molecule has 2 atom stereocenters. The molecule has 2 aromatic rings. The Labute approximate surface area is 142 Å². The Morgan fingerprint density at radius 2 is 1.64 bits per heavy atom. The molecule has 1 aliphatic rings. The molecule has 0 fully saturated rings. The molecule has 0 radical (unpaired) electrons. The standard InChI is InChI=1S/C17H15IO4/c1-20-11-5-3-10(4-6-11)17-15(18)16(19)13-8-7-12(21-2)9-14(13)22-17/h3-9,15,17H,1-2H3/t15-,17+/m0/s1. The van der Waals surface area contributed by atoms with Crippen LogP contribution in [-0.4, -0.2) is 23.9 Å². The van der Waals surface area contributed by atoms with Gasteiger partial charge in [-0.15, -0.1) is 0 Å². The summed E-state index contributed by atoms with van der Waals surface area (Å²) in [6, 6.07) is 12.9. The molecule has 0 bridgehead atoms. The van der Waals surface area contributed by atoms with Gasteiger partial charge in [0.05, 0.1) is 19.8 Å². The molecule has 3 rings (SSSR count). The number of methoxy groups -OCH3 is 2. The normalized spacial score (nSPS) is 20.0. The van der Waals surface area contributed by atoms with Gasteiger partial charge in [-0.2, -0.15) is 0 Å². The van der Waals surface area contributed by atoms with Gasteiger partial charge in [0.1, 0.15) is 27.3 Å². The van der Waals surface area contributed by atoms with Crippen molar-refractivity contribution in [1.29, 1.82) is 0 Å². The third-order valence-corrected chi connectivity index (χ3v) is 4.89. The van der Waals surface area contributed by atoms with Crippen molar-refractivity contribution in [3.63, 3.8) is 0 Å². The molecule has 2 aromatic carbocycles. The topological polar surface area (TPSA) is 44.8 Å². The summed E-state index contributed by atoms with van der Waals surface area (Å²) >= 11 is 2.14. The van der Waals surface area contributed by atoms with Gasteiger partial charge >= 0.3 is 0 Å². The number of hydrogen-bond donors (Lipinski definition) is 0. The van der Waals surface area contributed by atoms with Crippen LogP contribution in [0, 0.1) is 0 Å². The molecule has 0 N–H and O–H groups in total. The molecule has 0 aromatic heterocycles. The second-order valence-corrected chi connectivity index (χ2v) is 6.28. The van der Waals surface area contributed by atoms with Crippen molar-refractivity contribution < 1.29 is 19.0 Å². The fraction of sp³-hybridized carbons (Fsp3) is 0.235. The molecule has 0 saturated heterocycles. The van der Waals surface area contributed by atoms with E-state index in [9.17, 15) is 4.79 Å². The molecule has 1 heterocycles. The third-order valence-electron chi connectivity index (χ3n) is 3.67. The lowest BCUT2D eigenvalue weighted by atomic mass is 9.96. The van der Waals surface area contributed by atoms with E-state index < -0.39 is 0 Å². The van der Waals surface area contributed by atoms with Gasteiger partial charge in [0.2, 0.25) is 0 Å². The average Bonchev–Trinajstić information content (AvgIpc) is 2.57. The van der Waals surface area contributed by atoms with Crippen LogP contribution in [0.2, 0.25) is 0 Å². The lowest BCUT2D eigenvalue weighted by Crippen LogP contribution is -2.31. The number of hydrogen-bond acceptors (Lipinski definition) is 4. The number of Topliss-reactive ketones (excluding diaryl/α,β-unsaturated/α-hetero) is 1. The Kier molecular flexibility index (Phi) is 4.24. The van der Waals surface area contributed by atoms with Crippen molar-refractivity contribution in [2.24, 2.45) is 0 Å². The number of alkyl halides is 1. The maximum Gasteiger partial charge on any atom is 0.183 e. The summed E-state index contributed by atoms with van der Waals surface area (Å²) in [4.78, 5) is 12.6. The van der Waals surface area contributed by atoms with Crippen LogP contribution in [-0.2, 0) is 0 Å². The van der Waals surface area contributed by atoms with Crippen LogP contribution in [0.15, 0.2) is 42.5 Å². The molecule has 4 nitrogen and oxygen atoms in total. The Bertz CT molecular complexity index is 696. The minimum Gasteiger partial charge on any atom is -0.497 e. The molecule has 0 amide bonds. The Hall–Kier alpha value is -1.76. The van der Waals surface area contributed by atoms with Crippen molar-refractivity contribution in [2.75, 3.05) is 14.2 Å². The van der Waals surface area contributed by atoms with Crippen LogP contribution in [0.5, 0.6) is 17.2 Å². The SMILES string of the molecule is COc1ccc([C@H]2Oc3cc(OC)ccc3C(=O)[C@@H]2I)cc1. The molecule has 0 unspecified atom stereocenters. The van der Waals surface area contributed by atoms with Gasteiger partial charge < -0.3 is 14.2 Å². The van der Waals surface area contributed by atoms with Gasteiger partial charge in [-0.05, 0) is 29.8 Å². The smallest absolute Gasteiger partial charge is 0.183 e. The fourth-order valence-electron chi connectivity index (χ4n) is 2.44. The van der Waals surface area contributed by atoms with E-state index >= 15 is 0 Å². The molecular weight excluding hydrogens is 395 g/mol. The second-order valence-electron chi connectivity index (χ2n) is 4.94. The predicted molar refractivity (Wildman–Crippen MR) is 91.5 cm³/mol.